The zero-order chi connectivity index (χ0) is 18.8. The number of benzene rings is 2. The van der Waals surface area contributed by atoms with Gasteiger partial charge in [-0.15, -0.1) is 0 Å². The van der Waals surface area contributed by atoms with Gasteiger partial charge in [-0.25, -0.2) is 4.99 Å². The van der Waals surface area contributed by atoms with Crippen LogP contribution in [0.25, 0.3) is 6.08 Å². The molecule has 0 saturated carbocycles. The van der Waals surface area contributed by atoms with E-state index in [1.54, 1.807) is 12.0 Å². The number of nitrogens with zero attached hydrogens (tertiary/aromatic N) is 2. The van der Waals surface area contributed by atoms with Gasteiger partial charge in [0, 0.05) is 6.54 Å². The number of hydrogen-bond donors (Lipinski definition) is 0. The van der Waals surface area contributed by atoms with Gasteiger partial charge in [0.25, 0.3) is 5.91 Å². The van der Waals surface area contributed by atoms with Gasteiger partial charge < -0.3 is 14.2 Å². The molecule has 2 heterocycles. The van der Waals surface area contributed by atoms with E-state index in [9.17, 15) is 4.79 Å². The molecule has 0 bridgehead atoms. The Bertz CT molecular complexity index is 937. The van der Waals surface area contributed by atoms with Crippen LogP contribution in [0.1, 0.15) is 12.5 Å². The molecule has 0 radical (unpaired) electrons. The van der Waals surface area contributed by atoms with Crippen LogP contribution in [0, 0.1) is 0 Å². The Morgan fingerprint density at radius 2 is 1.96 bits per heavy atom. The van der Waals surface area contributed by atoms with Crippen molar-refractivity contribution in [1.29, 1.82) is 0 Å². The third-order valence-electron chi connectivity index (χ3n) is 4.20. The van der Waals surface area contributed by atoms with Crippen LogP contribution in [0.15, 0.2) is 52.4 Å². The summed E-state index contributed by atoms with van der Waals surface area (Å²) in [4.78, 5) is 19.7. The maximum atomic E-state index is 12.8. The normalized spacial score (nSPS) is 18.6. The number of ether oxygens (including phenoxy) is 3. The number of aliphatic imine (C=N–C) groups is 1. The minimum absolute atomic E-state index is 0.0487. The van der Waals surface area contributed by atoms with E-state index < -0.39 is 0 Å². The van der Waals surface area contributed by atoms with Crippen molar-refractivity contribution in [2.24, 2.45) is 4.99 Å². The van der Waals surface area contributed by atoms with Gasteiger partial charge in [-0.3, -0.25) is 9.69 Å². The van der Waals surface area contributed by atoms with Crippen LogP contribution in [0.4, 0.5) is 5.69 Å². The Hall–Kier alpha value is -2.93. The van der Waals surface area contributed by atoms with Crippen LogP contribution in [0.5, 0.6) is 17.2 Å². The van der Waals surface area contributed by atoms with Crippen molar-refractivity contribution in [3.63, 3.8) is 0 Å². The van der Waals surface area contributed by atoms with E-state index in [0.29, 0.717) is 22.4 Å². The first-order valence-electron chi connectivity index (χ1n) is 8.51. The van der Waals surface area contributed by atoms with Gasteiger partial charge in [0.15, 0.2) is 16.7 Å². The molecule has 1 amide bonds. The highest BCUT2D eigenvalue weighted by atomic mass is 32.2. The summed E-state index contributed by atoms with van der Waals surface area (Å²) in [6, 6.07) is 13.1. The summed E-state index contributed by atoms with van der Waals surface area (Å²) in [6.45, 7) is 2.72. The fourth-order valence-corrected chi connectivity index (χ4v) is 3.85. The van der Waals surface area contributed by atoms with Gasteiger partial charge in [-0.1, -0.05) is 6.07 Å². The summed E-state index contributed by atoms with van der Waals surface area (Å²) < 4.78 is 15.9. The van der Waals surface area contributed by atoms with Crippen LogP contribution in [-0.4, -0.2) is 36.4 Å². The highest BCUT2D eigenvalue weighted by molar-refractivity contribution is 8.18. The van der Waals surface area contributed by atoms with Crippen LogP contribution in [0.3, 0.4) is 0 Å². The molecule has 4 rings (SSSR count). The molecule has 27 heavy (non-hydrogen) atoms. The number of carbonyl (C=O) groups is 1. The van der Waals surface area contributed by atoms with Crippen molar-refractivity contribution < 1.29 is 19.0 Å². The highest BCUT2D eigenvalue weighted by Crippen LogP contribution is 2.37. The van der Waals surface area contributed by atoms with Gasteiger partial charge in [-0.05, 0) is 66.7 Å². The molecule has 2 aliphatic heterocycles. The molecular weight excluding hydrogens is 364 g/mol. The lowest BCUT2D eigenvalue weighted by molar-refractivity contribution is -0.122. The molecular formula is C20H18N2O4S. The van der Waals surface area contributed by atoms with E-state index >= 15 is 0 Å². The second-order valence-electron chi connectivity index (χ2n) is 5.87. The smallest absolute Gasteiger partial charge is 0.266 e. The third-order valence-corrected chi connectivity index (χ3v) is 5.20. The van der Waals surface area contributed by atoms with E-state index in [1.807, 2.05) is 55.5 Å². The molecule has 138 valence electrons. The number of hydrogen-bond acceptors (Lipinski definition) is 6. The molecule has 0 unspecified atom stereocenters. The molecule has 2 aliphatic rings. The van der Waals surface area contributed by atoms with Crippen LogP contribution in [0.2, 0.25) is 0 Å². The number of amidine groups is 1. The summed E-state index contributed by atoms with van der Waals surface area (Å²) in [5.74, 6) is 2.14. The van der Waals surface area contributed by atoms with Crippen LogP contribution < -0.4 is 14.2 Å². The molecule has 1 fully saturated rings. The number of rotatable bonds is 4. The van der Waals surface area contributed by atoms with E-state index in [0.717, 1.165) is 22.7 Å². The van der Waals surface area contributed by atoms with Gasteiger partial charge in [0.05, 0.1) is 17.7 Å². The van der Waals surface area contributed by atoms with E-state index in [2.05, 4.69) is 4.99 Å². The number of carbonyl (C=O) groups excluding carboxylic acids is 1. The molecule has 0 atom stereocenters. The topological polar surface area (TPSA) is 60.4 Å². The first-order valence-corrected chi connectivity index (χ1v) is 9.33. The zero-order valence-corrected chi connectivity index (χ0v) is 15.8. The number of fused-ring (bicyclic) bond motifs is 1. The first kappa shape index (κ1) is 17.5. The molecule has 7 heteroatoms. The lowest BCUT2D eigenvalue weighted by Crippen LogP contribution is -2.28. The Balaban J connectivity index is 1.61. The molecule has 0 spiro atoms. The summed E-state index contributed by atoms with van der Waals surface area (Å²) in [6.07, 6.45) is 1.86. The minimum Gasteiger partial charge on any atom is -0.497 e. The average molecular weight is 382 g/mol. The zero-order valence-electron chi connectivity index (χ0n) is 15.0. The minimum atomic E-state index is -0.0487. The highest BCUT2D eigenvalue weighted by Gasteiger charge is 2.32. The van der Waals surface area contributed by atoms with Crippen molar-refractivity contribution >= 4 is 34.6 Å². The largest absolute Gasteiger partial charge is 0.497 e. The second-order valence-corrected chi connectivity index (χ2v) is 6.87. The summed E-state index contributed by atoms with van der Waals surface area (Å²) in [5.41, 5.74) is 1.66. The summed E-state index contributed by atoms with van der Waals surface area (Å²) in [5, 5.41) is 0.666. The second kappa shape index (κ2) is 7.36. The third kappa shape index (κ3) is 3.50. The molecule has 0 N–H and O–H groups in total. The Kier molecular flexibility index (Phi) is 4.77. The SMILES string of the molecule is CCN1C(=O)/C(=C/c2ccc3c(c2)OCO3)SC1=Nc1ccc(OC)cc1. The van der Waals surface area contributed by atoms with Gasteiger partial charge >= 0.3 is 0 Å². The maximum absolute atomic E-state index is 12.8. The van der Waals surface area contributed by atoms with E-state index in [1.165, 1.54) is 11.8 Å². The molecule has 0 aliphatic carbocycles. The van der Waals surface area contributed by atoms with Crippen molar-refractivity contribution in [2.45, 2.75) is 6.92 Å². The van der Waals surface area contributed by atoms with Crippen LogP contribution >= 0.6 is 11.8 Å². The number of thioether (sulfide) groups is 1. The number of amides is 1. The fourth-order valence-electron chi connectivity index (χ4n) is 2.79. The lowest BCUT2D eigenvalue weighted by Gasteiger charge is -2.12. The molecule has 0 aromatic heterocycles. The van der Waals surface area contributed by atoms with Crippen molar-refractivity contribution in [2.75, 3.05) is 20.4 Å². The molecule has 2 aromatic rings. The van der Waals surface area contributed by atoms with Gasteiger partial charge in [0.2, 0.25) is 6.79 Å². The number of likely N-dealkylation sites (N-methyl/N-ethyl adjacent to an activating group) is 1. The standard InChI is InChI=1S/C20H18N2O4S/c1-3-22-19(23)18(11-13-4-9-16-17(10-13)26-12-25-16)27-20(22)21-14-5-7-15(24-2)8-6-14/h4-11H,3,12H2,1-2H3/b18-11-,21-20?. The van der Waals surface area contributed by atoms with Crippen LogP contribution in [-0.2, 0) is 4.79 Å². The maximum Gasteiger partial charge on any atom is 0.266 e. The quantitative estimate of drug-likeness (QED) is 0.747. The average Bonchev–Trinajstić information content (AvgIpc) is 3.26. The van der Waals surface area contributed by atoms with Crippen molar-refractivity contribution in [1.82, 2.24) is 4.90 Å². The van der Waals surface area contributed by atoms with Gasteiger partial charge in [0.1, 0.15) is 5.75 Å². The number of methoxy groups -OCH3 is 1. The molecule has 2 aromatic carbocycles. The summed E-state index contributed by atoms with van der Waals surface area (Å²) in [7, 11) is 1.62. The van der Waals surface area contributed by atoms with Crippen molar-refractivity contribution in [3.05, 3.63) is 52.9 Å². The molecule has 6 nitrogen and oxygen atoms in total. The Morgan fingerprint density at radius 3 is 2.70 bits per heavy atom. The Morgan fingerprint density at radius 1 is 1.19 bits per heavy atom. The predicted molar refractivity (Wildman–Crippen MR) is 106 cm³/mol. The fraction of sp³-hybridized carbons (Fsp3) is 0.200. The monoisotopic (exact) mass is 382 g/mol. The van der Waals surface area contributed by atoms with Gasteiger partial charge in [-0.2, -0.15) is 0 Å². The molecule has 1 saturated heterocycles. The first-order chi connectivity index (χ1) is 13.2. The van der Waals surface area contributed by atoms with E-state index in [-0.39, 0.29) is 12.7 Å². The Labute approximate surface area is 161 Å². The summed E-state index contributed by atoms with van der Waals surface area (Å²) >= 11 is 1.37. The predicted octanol–water partition coefficient (Wildman–Crippen LogP) is 4.05. The van der Waals surface area contributed by atoms with E-state index in [4.69, 9.17) is 14.2 Å². The van der Waals surface area contributed by atoms with Crippen molar-refractivity contribution in [3.8, 4) is 17.2 Å². The lowest BCUT2D eigenvalue weighted by atomic mass is 10.2.